The Morgan fingerprint density at radius 1 is 0.872 bits per heavy atom. The van der Waals surface area contributed by atoms with E-state index >= 15 is 4.39 Å². The summed E-state index contributed by atoms with van der Waals surface area (Å²) in [5.74, 6) is 0.249. The first-order valence-corrected chi connectivity index (χ1v) is 13.4. The van der Waals surface area contributed by atoms with Gasteiger partial charge in [0, 0.05) is 54.3 Å². The average Bonchev–Trinajstić information content (AvgIpc) is 3.73. The van der Waals surface area contributed by atoms with Gasteiger partial charge >= 0.3 is 0 Å². The van der Waals surface area contributed by atoms with Crippen molar-refractivity contribution in [2.24, 2.45) is 0 Å². The molecule has 0 bridgehead atoms. The van der Waals surface area contributed by atoms with Gasteiger partial charge in [0.15, 0.2) is 5.82 Å². The highest BCUT2D eigenvalue weighted by Gasteiger charge is 2.18. The van der Waals surface area contributed by atoms with Crippen molar-refractivity contribution in [3.63, 3.8) is 0 Å². The van der Waals surface area contributed by atoms with Crippen LogP contribution in [0, 0.1) is 5.82 Å². The lowest BCUT2D eigenvalue weighted by Crippen LogP contribution is -2.12. The molecule has 0 aliphatic carbocycles. The normalized spacial score (nSPS) is 11.5. The van der Waals surface area contributed by atoms with Crippen molar-refractivity contribution in [3.8, 4) is 33.2 Å². The molecular formula is C30H22FN7S. The molecule has 190 valence electrons. The highest BCUT2D eigenvalue weighted by Crippen LogP contribution is 2.34. The molecule has 2 aromatic carbocycles. The SMILES string of the molecule is Fc1cc2[nH]nc(-c3nc4c(-c5cccs5)nccc4[nH]3)c2cc1-c1cncc(CNCc2ccccc2)c1. The summed E-state index contributed by atoms with van der Waals surface area (Å²) in [7, 11) is 0. The summed E-state index contributed by atoms with van der Waals surface area (Å²) >= 11 is 1.62. The second-order valence-corrected chi connectivity index (χ2v) is 10.2. The summed E-state index contributed by atoms with van der Waals surface area (Å²) in [4.78, 5) is 18.2. The molecule has 9 heteroatoms. The predicted molar refractivity (Wildman–Crippen MR) is 152 cm³/mol. The number of pyridine rings is 2. The van der Waals surface area contributed by atoms with Gasteiger partial charge in [0.25, 0.3) is 0 Å². The fourth-order valence-electron chi connectivity index (χ4n) is 4.76. The second-order valence-electron chi connectivity index (χ2n) is 9.24. The van der Waals surface area contributed by atoms with E-state index < -0.39 is 0 Å². The lowest BCUT2D eigenvalue weighted by atomic mass is 10.0. The molecule has 3 N–H and O–H groups in total. The molecule has 7 aromatic rings. The van der Waals surface area contributed by atoms with Gasteiger partial charge in [0.05, 0.1) is 15.9 Å². The van der Waals surface area contributed by atoms with Crippen LogP contribution in [0.25, 0.3) is 55.2 Å². The van der Waals surface area contributed by atoms with E-state index in [1.165, 1.54) is 11.6 Å². The number of hydrogen-bond acceptors (Lipinski definition) is 6. The molecule has 0 saturated carbocycles. The number of H-pyrrole nitrogens is 2. The average molecular weight is 532 g/mol. The van der Waals surface area contributed by atoms with Gasteiger partial charge in [-0.15, -0.1) is 11.3 Å². The van der Waals surface area contributed by atoms with Crippen LogP contribution in [-0.2, 0) is 13.1 Å². The first-order valence-electron chi connectivity index (χ1n) is 12.5. The van der Waals surface area contributed by atoms with Crippen LogP contribution in [0.5, 0.6) is 0 Å². The van der Waals surface area contributed by atoms with Crippen LogP contribution in [0.2, 0.25) is 0 Å². The molecule has 5 aromatic heterocycles. The van der Waals surface area contributed by atoms with Crippen molar-refractivity contribution in [1.29, 1.82) is 0 Å². The van der Waals surface area contributed by atoms with E-state index in [-0.39, 0.29) is 5.82 Å². The zero-order chi connectivity index (χ0) is 26.2. The number of fused-ring (bicyclic) bond motifs is 2. The molecule has 39 heavy (non-hydrogen) atoms. The van der Waals surface area contributed by atoms with Gasteiger partial charge in [0.2, 0.25) is 0 Å². The Kier molecular flexibility index (Phi) is 5.92. The maximum Gasteiger partial charge on any atom is 0.159 e. The molecule has 0 spiro atoms. The van der Waals surface area contributed by atoms with Gasteiger partial charge in [-0.2, -0.15) is 5.10 Å². The lowest BCUT2D eigenvalue weighted by molar-refractivity contribution is 0.632. The third kappa shape index (κ3) is 4.47. The van der Waals surface area contributed by atoms with Gasteiger partial charge < -0.3 is 10.3 Å². The summed E-state index contributed by atoms with van der Waals surface area (Å²) in [6.07, 6.45) is 5.25. The number of halogens is 1. The van der Waals surface area contributed by atoms with Crippen molar-refractivity contribution in [1.82, 2.24) is 35.5 Å². The van der Waals surface area contributed by atoms with Crippen molar-refractivity contribution < 1.29 is 4.39 Å². The molecule has 0 aliphatic rings. The first kappa shape index (κ1) is 23.4. The van der Waals surface area contributed by atoms with Crippen LogP contribution in [0.1, 0.15) is 11.1 Å². The van der Waals surface area contributed by atoms with Gasteiger partial charge in [0.1, 0.15) is 22.7 Å². The number of nitrogens with zero attached hydrogens (tertiary/aromatic N) is 4. The molecule has 0 amide bonds. The molecule has 0 aliphatic heterocycles. The number of hydrogen-bond donors (Lipinski definition) is 3. The quantitative estimate of drug-likeness (QED) is 0.212. The molecular weight excluding hydrogens is 509 g/mol. The topological polar surface area (TPSA) is 95.2 Å². The Bertz CT molecular complexity index is 1910. The molecule has 7 rings (SSSR count). The highest BCUT2D eigenvalue weighted by atomic mass is 32.1. The van der Waals surface area contributed by atoms with Gasteiger partial charge in [-0.3, -0.25) is 15.1 Å². The summed E-state index contributed by atoms with van der Waals surface area (Å²) in [6, 6.07) is 21.4. The number of thiophene rings is 1. The van der Waals surface area contributed by atoms with Gasteiger partial charge in [-0.1, -0.05) is 36.4 Å². The number of benzene rings is 2. The summed E-state index contributed by atoms with van der Waals surface area (Å²) in [6.45, 7) is 1.36. The van der Waals surface area contributed by atoms with Crippen LogP contribution in [0.15, 0.2) is 90.7 Å². The summed E-state index contributed by atoms with van der Waals surface area (Å²) in [5, 5.41) is 13.7. The van der Waals surface area contributed by atoms with Crippen LogP contribution in [0.3, 0.4) is 0 Å². The minimum atomic E-state index is -0.345. The summed E-state index contributed by atoms with van der Waals surface area (Å²) < 4.78 is 15.3. The highest BCUT2D eigenvalue weighted by molar-refractivity contribution is 7.13. The molecule has 0 radical (unpaired) electrons. The van der Waals surface area contributed by atoms with E-state index in [9.17, 15) is 0 Å². The van der Waals surface area contributed by atoms with E-state index in [4.69, 9.17) is 4.98 Å². The third-order valence-corrected chi connectivity index (χ3v) is 7.51. The maximum atomic E-state index is 15.3. The van der Waals surface area contributed by atoms with Crippen LogP contribution < -0.4 is 5.32 Å². The predicted octanol–water partition coefficient (Wildman–Crippen LogP) is 6.72. The zero-order valence-corrected chi connectivity index (χ0v) is 21.5. The van der Waals surface area contributed by atoms with Crippen molar-refractivity contribution in [2.45, 2.75) is 13.1 Å². The van der Waals surface area contributed by atoms with Crippen molar-refractivity contribution >= 4 is 33.3 Å². The fraction of sp³-hybridized carbons (Fsp3) is 0.0667. The minimum absolute atomic E-state index is 0.345. The van der Waals surface area contributed by atoms with E-state index in [1.54, 1.807) is 29.9 Å². The largest absolute Gasteiger partial charge is 0.336 e. The van der Waals surface area contributed by atoms with Gasteiger partial charge in [-0.25, -0.2) is 9.37 Å². The molecule has 0 unspecified atom stereocenters. The van der Waals surface area contributed by atoms with Crippen LogP contribution in [0.4, 0.5) is 4.39 Å². The lowest BCUT2D eigenvalue weighted by Gasteiger charge is -2.08. The molecule has 0 atom stereocenters. The standard InChI is InChI=1S/C30H22FN7S/c31-23-13-25-22(12-21(23)20-11-19(16-33-17-20)15-32-14-18-5-2-1-3-6-18)27(38-37-25)30-35-24-8-9-34-29(28(24)36-30)26-7-4-10-39-26/h1-13,16-17,32H,14-15H2,(H,35,36)(H,37,38). The van der Waals surface area contributed by atoms with E-state index in [0.29, 0.717) is 34.7 Å². The Balaban J connectivity index is 1.23. The number of aromatic amines is 2. The first-order chi connectivity index (χ1) is 19.2. The van der Waals surface area contributed by atoms with Gasteiger partial charge in [-0.05, 0) is 40.8 Å². The van der Waals surface area contributed by atoms with E-state index in [0.717, 1.165) is 39.1 Å². The maximum absolute atomic E-state index is 15.3. The molecule has 0 saturated heterocycles. The molecule has 5 heterocycles. The zero-order valence-electron chi connectivity index (χ0n) is 20.6. The van der Waals surface area contributed by atoms with Crippen molar-refractivity contribution in [3.05, 3.63) is 108 Å². The van der Waals surface area contributed by atoms with Crippen LogP contribution in [-0.4, -0.2) is 30.1 Å². The molecule has 7 nitrogen and oxygen atoms in total. The second kappa shape index (κ2) is 9.86. The fourth-order valence-corrected chi connectivity index (χ4v) is 5.48. The number of rotatable bonds is 7. The number of nitrogens with one attached hydrogen (secondary N) is 3. The van der Waals surface area contributed by atoms with Crippen molar-refractivity contribution in [2.75, 3.05) is 0 Å². The van der Waals surface area contributed by atoms with Crippen LogP contribution >= 0.6 is 11.3 Å². The minimum Gasteiger partial charge on any atom is -0.336 e. The molecule has 0 fully saturated rings. The number of imidazole rings is 1. The smallest absolute Gasteiger partial charge is 0.159 e. The van der Waals surface area contributed by atoms with E-state index in [1.807, 2.05) is 53.9 Å². The Morgan fingerprint density at radius 2 is 1.77 bits per heavy atom. The number of aromatic nitrogens is 6. The Morgan fingerprint density at radius 3 is 2.64 bits per heavy atom. The van der Waals surface area contributed by atoms with E-state index in [2.05, 4.69) is 42.6 Å². The third-order valence-electron chi connectivity index (χ3n) is 6.64. The monoisotopic (exact) mass is 531 g/mol. The Labute approximate surface area is 226 Å². The Hall–Kier alpha value is -4.73. The summed E-state index contributed by atoms with van der Waals surface area (Å²) in [5.41, 5.74) is 7.00.